The van der Waals surface area contributed by atoms with Crippen molar-refractivity contribution in [3.05, 3.63) is 23.4 Å². The Labute approximate surface area is 142 Å². The first kappa shape index (κ1) is 19.0. The summed E-state index contributed by atoms with van der Waals surface area (Å²) in [5, 5.41) is 5.09. The number of hydrogen-bond acceptors (Lipinski definition) is 5. The van der Waals surface area contributed by atoms with E-state index in [4.69, 9.17) is 9.57 Å². The van der Waals surface area contributed by atoms with Gasteiger partial charge in [-0.15, -0.1) is 0 Å². The lowest BCUT2D eigenvalue weighted by molar-refractivity contribution is -0.143. The fraction of sp³-hybridized carbons (Fsp3) is 0.706. The van der Waals surface area contributed by atoms with E-state index in [1.54, 1.807) is 12.2 Å². The topological polar surface area (TPSA) is 46.6 Å². The maximum atomic E-state index is 12.0. The Morgan fingerprint density at radius 3 is 2.96 bits per heavy atom. The molecule has 0 saturated heterocycles. The van der Waals surface area contributed by atoms with Crippen LogP contribution in [0.15, 0.2) is 12.1 Å². The Balaban J connectivity index is 1.62. The number of alkyl halides is 2. The standard InChI is InChI=1S/C17H27F2N3O2/c1-23-22(11-12-24-13-16(18)19)10-3-2-6-15-8-7-14-5-4-9-20-17(14)21-15/h7-8,16H,2-6,9-13H2,1H3,(H,20,21). The largest absolute Gasteiger partial charge is 0.374 e. The molecule has 0 aliphatic carbocycles. The number of anilines is 1. The van der Waals surface area contributed by atoms with Crippen LogP contribution in [0.5, 0.6) is 0 Å². The highest BCUT2D eigenvalue weighted by atomic mass is 19.3. The molecule has 0 atom stereocenters. The maximum absolute atomic E-state index is 12.0. The number of aryl methyl sites for hydroxylation is 2. The van der Waals surface area contributed by atoms with Gasteiger partial charge in [0, 0.05) is 25.3 Å². The van der Waals surface area contributed by atoms with Crippen molar-refractivity contribution < 1.29 is 18.4 Å². The Morgan fingerprint density at radius 2 is 2.17 bits per heavy atom. The van der Waals surface area contributed by atoms with E-state index in [0.29, 0.717) is 6.54 Å². The van der Waals surface area contributed by atoms with Crippen LogP contribution in [0, 0.1) is 0 Å². The van der Waals surface area contributed by atoms with Crippen LogP contribution < -0.4 is 5.32 Å². The molecule has 0 aromatic carbocycles. The van der Waals surface area contributed by atoms with Gasteiger partial charge >= 0.3 is 0 Å². The summed E-state index contributed by atoms with van der Waals surface area (Å²) in [4.78, 5) is 9.90. The second-order valence-electron chi connectivity index (χ2n) is 5.88. The number of nitrogens with one attached hydrogen (secondary N) is 1. The maximum Gasteiger partial charge on any atom is 0.261 e. The van der Waals surface area contributed by atoms with Crippen molar-refractivity contribution in [1.29, 1.82) is 0 Å². The molecular weight excluding hydrogens is 316 g/mol. The van der Waals surface area contributed by atoms with Gasteiger partial charge in [-0.05, 0) is 43.7 Å². The summed E-state index contributed by atoms with van der Waals surface area (Å²) in [6, 6.07) is 4.28. The molecule has 0 amide bonds. The van der Waals surface area contributed by atoms with E-state index in [2.05, 4.69) is 22.4 Å². The number of hydrogen-bond donors (Lipinski definition) is 1. The van der Waals surface area contributed by atoms with Gasteiger partial charge in [-0.2, -0.15) is 5.06 Å². The van der Waals surface area contributed by atoms with Crippen LogP contribution >= 0.6 is 0 Å². The van der Waals surface area contributed by atoms with Crippen molar-refractivity contribution in [3.8, 4) is 0 Å². The second kappa shape index (κ2) is 10.5. The van der Waals surface area contributed by atoms with E-state index in [1.165, 1.54) is 12.0 Å². The first-order chi connectivity index (χ1) is 11.7. The van der Waals surface area contributed by atoms with Crippen LogP contribution in [0.2, 0.25) is 0 Å². The van der Waals surface area contributed by atoms with E-state index in [1.807, 2.05) is 0 Å². The Kier molecular flexibility index (Phi) is 8.35. The number of aromatic nitrogens is 1. The number of halogens is 2. The fourth-order valence-electron chi connectivity index (χ4n) is 2.74. The predicted molar refractivity (Wildman–Crippen MR) is 89.4 cm³/mol. The number of pyridine rings is 1. The summed E-state index contributed by atoms with van der Waals surface area (Å²) >= 11 is 0. The van der Waals surface area contributed by atoms with Crippen LogP contribution in [-0.2, 0) is 22.4 Å². The molecule has 7 heteroatoms. The number of fused-ring (bicyclic) bond motifs is 1. The second-order valence-corrected chi connectivity index (χ2v) is 5.88. The van der Waals surface area contributed by atoms with Crippen LogP contribution in [0.1, 0.15) is 30.5 Å². The molecule has 0 radical (unpaired) electrons. The van der Waals surface area contributed by atoms with Crippen molar-refractivity contribution in [2.24, 2.45) is 0 Å². The van der Waals surface area contributed by atoms with Gasteiger partial charge in [0.1, 0.15) is 12.4 Å². The third-order valence-electron chi connectivity index (χ3n) is 4.03. The Hall–Kier alpha value is -1.31. The minimum absolute atomic E-state index is 0.246. The zero-order valence-electron chi connectivity index (χ0n) is 14.3. The minimum atomic E-state index is -2.42. The number of nitrogens with zero attached hydrogens (tertiary/aromatic N) is 2. The van der Waals surface area contributed by atoms with Crippen LogP contribution in [0.25, 0.3) is 0 Å². The van der Waals surface area contributed by atoms with Crippen LogP contribution in [0.4, 0.5) is 14.6 Å². The highest BCUT2D eigenvalue weighted by molar-refractivity contribution is 5.46. The van der Waals surface area contributed by atoms with E-state index in [-0.39, 0.29) is 6.61 Å². The van der Waals surface area contributed by atoms with Gasteiger partial charge < -0.3 is 14.9 Å². The normalized spacial score (nSPS) is 14.0. The molecule has 136 valence electrons. The molecule has 1 aliphatic rings. The van der Waals surface area contributed by atoms with Crippen molar-refractivity contribution >= 4 is 5.82 Å². The van der Waals surface area contributed by atoms with E-state index in [0.717, 1.165) is 50.3 Å². The number of ether oxygens (including phenoxy) is 1. The molecule has 1 aromatic rings. The first-order valence-corrected chi connectivity index (χ1v) is 8.56. The minimum Gasteiger partial charge on any atom is -0.374 e. The third-order valence-corrected chi connectivity index (χ3v) is 4.03. The SMILES string of the molecule is CON(CCCCc1ccc2c(n1)NCCC2)CCOCC(F)F. The molecule has 2 heterocycles. The van der Waals surface area contributed by atoms with Crippen molar-refractivity contribution in [2.75, 3.05) is 45.3 Å². The van der Waals surface area contributed by atoms with Gasteiger partial charge in [0.2, 0.25) is 0 Å². The summed E-state index contributed by atoms with van der Waals surface area (Å²) in [7, 11) is 1.59. The predicted octanol–water partition coefficient (Wildman–Crippen LogP) is 2.91. The van der Waals surface area contributed by atoms with Crippen LogP contribution in [-0.4, -0.2) is 56.4 Å². The fourth-order valence-corrected chi connectivity index (χ4v) is 2.74. The van der Waals surface area contributed by atoms with Gasteiger partial charge in [0.25, 0.3) is 6.43 Å². The summed E-state index contributed by atoms with van der Waals surface area (Å²) in [5.74, 6) is 1.04. The molecule has 0 unspecified atom stereocenters. The molecule has 0 spiro atoms. The molecule has 1 aliphatic heterocycles. The lowest BCUT2D eigenvalue weighted by Crippen LogP contribution is -2.28. The number of rotatable bonds is 11. The highest BCUT2D eigenvalue weighted by Crippen LogP contribution is 2.20. The van der Waals surface area contributed by atoms with Crippen molar-refractivity contribution in [1.82, 2.24) is 10.0 Å². The zero-order valence-corrected chi connectivity index (χ0v) is 14.3. The third kappa shape index (κ3) is 6.67. The van der Waals surface area contributed by atoms with Gasteiger partial charge in [-0.3, -0.25) is 0 Å². The average molecular weight is 343 g/mol. The molecule has 0 fully saturated rings. The van der Waals surface area contributed by atoms with Gasteiger partial charge in [0.05, 0.1) is 13.7 Å². The first-order valence-electron chi connectivity index (χ1n) is 8.56. The molecule has 0 saturated carbocycles. The summed E-state index contributed by atoms with van der Waals surface area (Å²) in [6.45, 7) is 1.97. The van der Waals surface area contributed by atoms with Crippen LogP contribution in [0.3, 0.4) is 0 Å². The summed E-state index contributed by atoms with van der Waals surface area (Å²) < 4.78 is 28.8. The molecule has 24 heavy (non-hydrogen) atoms. The highest BCUT2D eigenvalue weighted by Gasteiger charge is 2.10. The molecule has 1 N–H and O–H groups in total. The lowest BCUT2D eigenvalue weighted by Gasteiger charge is -2.19. The number of hydroxylamine groups is 2. The number of unbranched alkanes of at least 4 members (excludes halogenated alkanes) is 1. The lowest BCUT2D eigenvalue weighted by atomic mass is 10.1. The molecule has 5 nitrogen and oxygen atoms in total. The van der Waals surface area contributed by atoms with Crippen molar-refractivity contribution in [2.45, 2.75) is 38.5 Å². The molecule has 1 aromatic heterocycles. The molecule has 2 rings (SSSR count). The Morgan fingerprint density at radius 1 is 1.29 bits per heavy atom. The summed E-state index contributed by atoms with van der Waals surface area (Å²) in [6.07, 6.45) is 2.74. The smallest absolute Gasteiger partial charge is 0.261 e. The summed E-state index contributed by atoms with van der Waals surface area (Å²) in [5.41, 5.74) is 2.41. The quantitative estimate of drug-likeness (QED) is 0.494. The monoisotopic (exact) mass is 343 g/mol. The van der Waals surface area contributed by atoms with E-state index >= 15 is 0 Å². The van der Waals surface area contributed by atoms with Gasteiger partial charge in [-0.1, -0.05) is 6.07 Å². The van der Waals surface area contributed by atoms with E-state index in [9.17, 15) is 8.78 Å². The van der Waals surface area contributed by atoms with Gasteiger partial charge in [-0.25, -0.2) is 13.8 Å². The average Bonchev–Trinajstić information content (AvgIpc) is 2.60. The Bertz CT molecular complexity index is 489. The molecule has 0 bridgehead atoms. The van der Waals surface area contributed by atoms with Gasteiger partial charge in [0.15, 0.2) is 0 Å². The van der Waals surface area contributed by atoms with E-state index < -0.39 is 13.0 Å². The van der Waals surface area contributed by atoms with Crippen molar-refractivity contribution in [3.63, 3.8) is 0 Å². The zero-order chi connectivity index (χ0) is 17.2. The molecular formula is C17H27F2N3O2.